The number of ether oxygens (including phenoxy) is 1. The average molecular weight is 372 g/mol. The quantitative estimate of drug-likeness (QED) is 0.351. The Bertz CT molecular complexity index is 811. The predicted molar refractivity (Wildman–Crippen MR) is 99.4 cm³/mol. The van der Waals surface area contributed by atoms with Gasteiger partial charge in [-0.05, 0) is 24.1 Å². The molecule has 2 amide bonds. The third-order valence-electron chi connectivity index (χ3n) is 3.63. The molecule has 2 aromatic rings. The molecule has 2 rings (SSSR count). The Morgan fingerprint density at radius 3 is 2.56 bits per heavy atom. The molecule has 0 saturated heterocycles. The highest BCUT2D eigenvalue weighted by molar-refractivity contribution is 5.94. The van der Waals surface area contributed by atoms with E-state index in [1.54, 1.807) is 0 Å². The largest absolute Gasteiger partial charge is 0.449 e. The van der Waals surface area contributed by atoms with Crippen molar-refractivity contribution in [3.05, 3.63) is 69.8 Å². The lowest BCUT2D eigenvalue weighted by Crippen LogP contribution is -2.24. The van der Waals surface area contributed by atoms with Crippen LogP contribution in [0.25, 0.3) is 0 Å². The second-order valence-electron chi connectivity index (χ2n) is 5.61. The highest BCUT2D eigenvalue weighted by Gasteiger charge is 2.16. The van der Waals surface area contributed by atoms with E-state index in [1.165, 1.54) is 12.1 Å². The molecular weight excluding hydrogens is 352 g/mol. The first-order chi connectivity index (χ1) is 13.0. The number of primary amides is 1. The number of hydrogen-bond donors (Lipinski definition) is 3. The van der Waals surface area contributed by atoms with E-state index in [2.05, 4.69) is 10.6 Å². The Balaban J connectivity index is 1.72. The van der Waals surface area contributed by atoms with Crippen LogP contribution in [0.4, 0.5) is 16.2 Å². The van der Waals surface area contributed by atoms with E-state index in [4.69, 9.17) is 10.5 Å². The smallest absolute Gasteiger partial charge is 0.407 e. The van der Waals surface area contributed by atoms with Gasteiger partial charge in [-0.1, -0.05) is 30.3 Å². The molecule has 0 fully saturated rings. The first-order valence-electron chi connectivity index (χ1n) is 8.24. The number of nitro groups is 1. The van der Waals surface area contributed by atoms with Crippen molar-refractivity contribution < 1.29 is 19.2 Å². The Hall–Kier alpha value is -3.62. The summed E-state index contributed by atoms with van der Waals surface area (Å²) in [5.74, 6) is -0.737. The molecule has 9 nitrogen and oxygen atoms in total. The number of benzene rings is 2. The molecule has 2 aromatic carbocycles. The van der Waals surface area contributed by atoms with Crippen LogP contribution in [-0.2, 0) is 11.3 Å². The van der Waals surface area contributed by atoms with Crippen molar-refractivity contribution in [2.24, 2.45) is 5.73 Å². The molecule has 0 aromatic heterocycles. The summed E-state index contributed by atoms with van der Waals surface area (Å²) in [5, 5.41) is 16.6. The lowest BCUT2D eigenvalue weighted by molar-refractivity contribution is -0.384. The van der Waals surface area contributed by atoms with E-state index in [9.17, 15) is 19.7 Å². The van der Waals surface area contributed by atoms with Crippen LogP contribution in [0.1, 0.15) is 22.3 Å². The maximum Gasteiger partial charge on any atom is 0.407 e. The van der Waals surface area contributed by atoms with Gasteiger partial charge < -0.3 is 21.1 Å². The van der Waals surface area contributed by atoms with E-state index < -0.39 is 16.9 Å². The number of nitro benzene ring substituents is 1. The van der Waals surface area contributed by atoms with Crippen LogP contribution in [0.15, 0.2) is 48.5 Å². The predicted octanol–water partition coefficient (Wildman–Crippen LogP) is 2.42. The lowest BCUT2D eigenvalue weighted by Gasteiger charge is -2.09. The highest BCUT2D eigenvalue weighted by atomic mass is 16.6. The molecule has 0 aliphatic carbocycles. The molecule has 0 aliphatic rings. The van der Waals surface area contributed by atoms with Gasteiger partial charge >= 0.3 is 6.09 Å². The minimum atomic E-state index is -0.737. The number of nitrogens with zero attached hydrogens (tertiary/aromatic N) is 1. The van der Waals surface area contributed by atoms with E-state index in [0.29, 0.717) is 19.5 Å². The molecule has 27 heavy (non-hydrogen) atoms. The molecule has 0 unspecified atom stereocenters. The summed E-state index contributed by atoms with van der Waals surface area (Å²) in [6.07, 6.45) is -0.0799. The zero-order valence-corrected chi connectivity index (χ0v) is 14.5. The molecule has 0 spiro atoms. The van der Waals surface area contributed by atoms with Gasteiger partial charge in [0, 0.05) is 24.7 Å². The van der Waals surface area contributed by atoms with Crippen LogP contribution in [0.3, 0.4) is 0 Å². The Kier molecular flexibility index (Phi) is 7.12. The highest BCUT2D eigenvalue weighted by Crippen LogP contribution is 2.25. The van der Waals surface area contributed by atoms with Gasteiger partial charge in [0.15, 0.2) is 0 Å². The summed E-state index contributed by atoms with van der Waals surface area (Å²) >= 11 is 0. The normalized spacial score (nSPS) is 10.1. The summed E-state index contributed by atoms with van der Waals surface area (Å²) in [4.78, 5) is 33.2. The van der Waals surface area contributed by atoms with Crippen LogP contribution >= 0.6 is 0 Å². The minimum absolute atomic E-state index is 0.0608. The van der Waals surface area contributed by atoms with Crippen molar-refractivity contribution in [1.82, 2.24) is 5.32 Å². The van der Waals surface area contributed by atoms with Gasteiger partial charge in [0.2, 0.25) is 5.91 Å². The molecule has 0 aliphatic heterocycles. The number of carbonyl (C=O) groups excluding carboxylic acids is 2. The van der Waals surface area contributed by atoms with Crippen LogP contribution < -0.4 is 16.4 Å². The number of hydrogen-bond acceptors (Lipinski definition) is 6. The summed E-state index contributed by atoms with van der Waals surface area (Å²) in [5.41, 5.74) is 6.17. The van der Waals surface area contributed by atoms with Crippen LogP contribution in [0, 0.1) is 10.1 Å². The topological polar surface area (TPSA) is 137 Å². The number of rotatable bonds is 9. The molecular formula is C18H20N4O5. The molecule has 0 radical (unpaired) electrons. The van der Waals surface area contributed by atoms with E-state index in [-0.39, 0.29) is 23.5 Å². The monoisotopic (exact) mass is 372 g/mol. The van der Waals surface area contributed by atoms with Gasteiger partial charge in [-0.15, -0.1) is 0 Å². The molecule has 0 heterocycles. The first-order valence-corrected chi connectivity index (χ1v) is 8.24. The Morgan fingerprint density at radius 1 is 1.15 bits per heavy atom. The fraction of sp³-hybridized carbons (Fsp3) is 0.222. The van der Waals surface area contributed by atoms with Crippen molar-refractivity contribution >= 4 is 23.4 Å². The van der Waals surface area contributed by atoms with Gasteiger partial charge in [-0.25, -0.2) is 4.79 Å². The van der Waals surface area contributed by atoms with Gasteiger partial charge in [0.05, 0.1) is 11.5 Å². The number of alkyl carbamates (subject to hydrolysis) is 1. The molecule has 9 heteroatoms. The first kappa shape index (κ1) is 19.7. The summed E-state index contributed by atoms with van der Waals surface area (Å²) in [6.45, 7) is 0.875. The van der Waals surface area contributed by atoms with Crippen molar-refractivity contribution in [2.45, 2.75) is 13.0 Å². The van der Waals surface area contributed by atoms with Crippen LogP contribution in [0.2, 0.25) is 0 Å². The van der Waals surface area contributed by atoms with Crippen LogP contribution in [0.5, 0.6) is 0 Å². The summed E-state index contributed by atoms with van der Waals surface area (Å²) < 4.78 is 5.04. The second-order valence-corrected chi connectivity index (χ2v) is 5.61. The van der Waals surface area contributed by atoms with Crippen molar-refractivity contribution in [2.75, 3.05) is 18.5 Å². The van der Waals surface area contributed by atoms with Gasteiger partial charge in [-0.3, -0.25) is 14.9 Å². The molecule has 4 N–H and O–H groups in total. The summed E-state index contributed by atoms with van der Waals surface area (Å²) in [6, 6.07) is 13.4. The zero-order valence-electron chi connectivity index (χ0n) is 14.5. The minimum Gasteiger partial charge on any atom is -0.449 e. The number of carbonyl (C=O) groups is 2. The molecule has 142 valence electrons. The fourth-order valence-corrected chi connectivity index (χ4v) is 2.27. The third-order valence-corrected chi connectivity index (χ3v) is 3.63. The average Bonchev–Trinajstić information content (AvgIpc) is 2.66. The number of nitrogens with two attached hydrogens (primary N) is 1. The second kappa shape index (κ2) is 9.76. The van der Waals surface area contributed by atoms with Gasteiger partial charge in [0.25, 0.3) is 5.69 Å². The van der Waals surface area contributed by atoms with E-state index >= 15 is 0 Å². The van der Waals surface area contributed by atoms with E-state index in [1.807, 2.05) is 30.3 Å². The molecule has 0 bridgehead atoms. The van der Waals surface area contributed by atoms with Gasteiger partial charge in [-0.2, -0.15) is 0 Å². The Labute approximate surface area is 155 Å². The molecule has 0 atom stereocenters. The van der Waals surface area contributed by atoms with Crippen molar-refractivity contribution in [3.8, 4) is 0 Å². The number of anilines is 1. The summed E-state index contributed by atoms with van der Waals surface area (Å²) in [7, 11) is 0. The lowest BCUT2D eigenvalue weighted by atomic mass is 10.1. The fourth-order valence-electron chi connectivity index (χ4n) is 2.27. The Morgan fingerprint density at radius 2 is 1.89 bits per heavy atom. The third kappa shape index (κ3) is 6.31. The van der Waals surface area contributed by atoms with E-state index in [0.717, 1.165) is 11.6 Å². The van der Waals surface area contributed by atoms with Gasteiger partial charge in [0.1, 0.15) is 5.69 Å². The van der Waals surface area contributed by atoms with Crippen molar-refractivity contribution in [1.29, 1.82) is 0 Å². The standard InChI is InChI=1S/C18H20N4O5/c19-17(23)14-7-8-15(16(11-14)22(25)26)20-9-4-10-27-18(24)21-12-13-5-2-1-3-6-13/h1-3,5-8,11,20H,4,9-10,12H2,(H2,19,23)(H,21,24). The SMILES string of the molecule is NC(=O)c1ccc(NCCCOC(=O)NCc2ccccc2)c([N+](=O)[O-])c1. The maximum absolute atomic E-state index is 11.6. The zero-order chi connectivity index (χ0) is 19.6. The number of amides is 2. The maximum atomic E-state index is 11.6. The molecule has 0 saturated carbocycles. The van der Waals surface area contributed by atoms with Crippen molar-refractivity contribution in [3.63, 3.8) is 0 Å². The number of nitrogens with one attached hydrogen (secondary N) is 2. The van der Waals surface area contributed by atoms with Crippen LogP contribution in [-0.4, -0.2) is 30.1 Å².